The fourth-order valence-electron chi connectivity index (χ4n) is 6.73. The van der Waals surface area contributed by atoms with E-state index in [4.69, 9.17) is 0 Å². The van der Waals surface area contributed by atoms with Gasteiger partial charge in [0.1, 0.15) is 0 Å². The van der Waals surface area contributed by atoms with Crippen molar-refractivity contribution in [3.8, 4) is 0 Å². The number of benzene rings is 4. The normalized spacial score (nSPS) is 21.7. The van der Waals surface area contributed by atoms with Gasteiger partial charge in [-0.05, 0) is 98.0 Å². The van der Waals surface area contributed by atoms with Crippen molar-refractivity contribution >= 4 is 11.4 Å². The largest absolute Gasteiger partial charge is 3.00 e. The summed E-state index contributed by atoms with van der Waals surface area (Å²) >= 11 is 0. The standard InChI is InChI=1S/C33H26O2.2C5H5.Y/c34-31(29(23-13-5-1-6-14-23)24-15-7-2-8-16-24)27-21-22-28-30(27)32(35)33(28,25-17-9-3-10-18-25)26-19-11-4-12-20-26;2*1-2-4-5-3-1;/h1-22,27-28,30,34H;2*1-5H;/q;;;+3/p-1. The first-order chi connectivity index (χ1) is 22.2. The van der Waals surface area contributed by atoms with Crippen LogP contribution in [0.15, 0.2) is 139 Å². The van der Waals surface area contributed by atoms with Crippen molar-refractivity contribution in [2.45, 2.75) is 5.41 Å². The molecule has 8 rings (SSSR count). The van der Waals surface area contributed by atoms with Crippen molar-refractivity contribution in [3.05, 3.63) is 226 Å². The molecule has 0 N–H and O–H groups in total. The molecule has 3 saturated carbocycles. The van der Waals surface area contributed by atoms with Crippen LogP contribution in [0.25, 0.3) is 5.57 Å². The summed E-state index contributed by atoms with van der Waals surface area (Å²) < 4.78 is 0. The summed E-state index contributed by atoms with van der Waals surface area (Å²) in [7, 11) is 0. The van der Waals surface area contributed by atoms with E-state index < -0.39 is 11.3 Å². The monoisotopic (exact) mass is 672 g/mol. The van der Waals surface area contributed by atoms with Crippen molar-refractivity contribution in [3.63, 3.8) is 0 Å². The number of carbonyl (C=O) groups is 1. The third-order valence-corrected chi connectivity index (χ3v) is 8.73. The first kappa shape index (κ1) is 34.3. The smallest absolute Gasteiger partial charge is 0.875 e. The SMILES string of the molecule is O=C1C2C(C([O-])=C(c3ccccc3)c3ccccc3)C=CC2C1(c1ccccc1)c1ccccc1.[CH]1[CH][CH][CH][CH]1.[CH]1[CH][CH][CH][CH]1.[Y+3]. The predicted molar refractivity (Wildman–Crippen MR) is 180 cm³/mol. The third kappa shape index (κ3) is 7.09. The summed E-state index contributed by atoms with van der Waals surface area (Å²) in [6, 6.07) is 39.6. The molecule has 2 nitrogen and oxygen atoms in total. The minimum atomic E-state index is -0.752. The van der Waals surface area contributed by atoms with Gasteiger partial charge < -0.3 is 5.11 Å². The van der Waals surface area contributed by atoms with E-state index in [0.29, 0.717) is 5.57 Å². The topological polar surface area (TPSA) is 40.1 Å². The maximum atomic E-state index is 14.2. The summed E-state index contributed by atoms with van der Waals surface area (Å²) in [6.07, 6.45) is 24.1. The second kappa shape index (κ2) is 16.7. The molecule has 0 spiro atoms. The summed E-state index contributed by atoms with van der Waals surface area (Å²) in [5.74, 6) is -0.742. The third-order valence-electron chi connectivity index (χ3n) is 8.73. The zero-order valence-electron chi connectivity index (χ0n) is 25.6. The van der Waals surface area contributed by atoms with Crippen LogP contribution in [0, 0.1) is 82.0 Å². The molecule has 0 heterocycles. The molecule has 3 heteroatoms. The van der Waals surface area contributed by atoms with Gasteiger partial charge in [0, 0.05) is 11.8 Å². The fraction of sp³-hybridized carbons (Fsp3) is 0.0930. The molecule has 3 atom stereocenters. The van der Waals surface area contributed by atoms with Crippen molar-refractivity contribution in [1.29, 1.82) is 0 Å². The van der Waals surface area contributed by atoms with Crippen LogP contribution in [-0.4, -0.2) is 5.78 Å². The summed E-state index contributed by atoms with van der Waals surface area (Å²) in [6.45, 7) is 0. The van der Waals surface area contributed by atoms with Gasteiger partial charge in [0.2, 0.25) is 0 Å². The number of Topliss-reactive ketones (excluding diaryl/α,β-unsaturated/α-hetero) is 1. The Labute approximate surface area is 300 Å². The van der Waals surface area contributed by atoms with Crippen LogP contribution in [0.4, 0.5) is 0 Å². The van der Waals surface area contributed by atoms with Crippen LogP contribution in [0.1, 0.15) is 22.3 Å². The van der Waals surface area contributed by atoms with Crippen LogP contribution in [0.2, 0.25) is 0 Å². The van der Waals surface area contributed by atoms with Crippen molar-refractivity contribution in [1.82, 2.24) is 0 Å². The molecule has 10 radical (unpaired) electrons. The number of hydrogen-bond donors (Lipinski definition) is 0. The van der Waals surface area contributed by atoms with E-state index in [-0.39, 0.29) is 56.1 Å². The fourth-order valence-corrected chi connectivity index (χ4v) is 6.73. The summed E-state index contributed by atoms with van der Waals surface area (Å²) in [5.41, 5.74) is 3.66. The summed E-state index contributed by atoms with van der Waals surface area (Å²) in [5, 5.41) is 14.1. The predicted octanol–water partition coefficient (Wildman–Crippen LogP) is 7.83. The van der Waals surface area contributed by atoms with Gasteiger partial charge in [-0.2, -0.15) is 0 Å². The minimum absolute atomic E-state index is 0. The van der Waals surface area contributed by atoms with Gasteiger partial charge in [0.05, 0.1) is 5.41 Å². The van der Waals surface area contributed by atoms with Crippen LogP contribution in [0.3, 0.4) is 0 Å². The summed E-state index contributed by atoms with van der Waals surface area (Å²) in [4.78, 5) is 14.2. The molecule has 0 saturated heterocycles. The van der Waals surface area contributed by atoms with Crippen LogP contribution in [0.5, 0.6) is 0 Å². The molecule has 0 amide bonds. The van der Waals surface area contributed by atoms with Gasteiger partial charge in [0.25, 0.3) is 0 Å². The molecule has 0 aliphatic heterocycles. The van der Waals surface area contributed by atoms with Crippen LogP contribution < -0.4 is 5.11 Å². The second-order valence-corrected chi connectivity index (χ2v) is 11.3. The Morgan fingerprint density at radius 2 is 0.848 bits per heavy atom. The molecule has 4 aromatic carbocycles. The van der Waals surface area contributed by atoms with E-state index in [1.807, 2.05) is 192 Å². The Bertz CT molecular complexity index is 1460. The Balaban J connectivity index is 0.000000323. The Morgan fingerprint density at radius 3 is 1.22 bits per heavy atom. The first-order valence-electron chi connectivity index (χ1n) is 15.4. The van der Waals surface area contributed by atoms with Gasteiger partial charge in [-0.25, -0.2) is 0 Å². The number of hydrogen-bond acceptors (Lipinski definition) is 2. The van der Waals surface area contributed by atoms with E-state index >= 15 is 0 Å². The number of ketones is 1. The molecule has 3 unspecified atom stereocenters. The minimum Gasteiger partial charge on any atom is -0.875 e. The molecule has 46 heavy (non-hydrogen) atoms. The van der Waals surface area contributed by atoms with Crippen molar-refractivity contribution in [2.24, 2.45) is 17.8 Å². The van der Waals surface area contributed by atoms with Gasteiger partial charge in [0.15, 0.2) is 5.78 Å². The maximum absolute atomic E-state index is 14.2. The number of allylic oxidation sites excluding steroid dienone is 2. The van der Waals surface area contributed by atoms with Crippen LogP contribution in [-0.2, 0) is 42.9 Å². The van der Waals surface area contributed by atoms with E-state index in [0.717, 1.165) is 22.3 Å². The molecule has 4 aromatic rings. The molecule has 4 aliphatic rings. The van der Waals surface area contributed by atoms with Crippen molar-refractivity contribution in [2.75, 3.05) is 0 Å². The Morgan fingerprint density at radius 1 is 0.500 bits per heavy atom. The molecular formula is C43H35O2Y+2. The van der Waals surface area contributed by atoms with E-state index in [9.17, 15) is 9.90 Å². The average molecular weight is 673 g/mol. The van der Waals surface area contributed by atoms with E-state index in [2.05, 4.69) is 6.08 Å². The molecule has 0 aromatic heterocycles. The number of rotatable bonds is 5. The quantitative estimate of drug-likeness (QED) is 0.160. The Kier molecular flexibility index (Phi) is 12.4. The van der Waals surface area contributed by atoms with Crippen molar-refractivity contribution < 1.29 is 42.6 Å². The van der Waals surface area contributed by atoms with Gasteiger partial charge >= 0.3 is 32.7 Å². The second-order valence-electron chi connectivity index (χ2n) is 11.3. The van der Waals surface area contributed by atoms with Gasteiger partial charge in [-0.3, -0.25) is 4.79 Å². The molecule has 0 bridgehead atoms. The number of fused-ring (bicyclic) bond motifs is 1. The maximum Gasteiger partial charge on any atom is 3.00 e. The van der Waals surface area contributed by atoms with Gasteiger partial charge in [-0.15, -0.1) is 5.76 Å². The zero-order valence-corrected chi connectivity index (χ0v) is 28.4. The van der Waals surface area contributed by atoms with E-state index in [1.54, 1.807) is 0 Å². The molecule has 3 fully saturated rings. The first-order valence-corrected chi connectivity index (χ1v) is 15.4. The number of carbonyl (C=O) groups excluding carboxylic acids is 1. The van der Waals surface area contributed by atoms with Gasteiger partial charge in [-0.1, -0.05) is 133 Å². The zero-order chi connectivity index (χ0) is 30.9. The molecule has 4 aliphatic carbocycles. The van der Waals surface area contributed by atoms with Crippen LogP contribution >= 0.6 is 0 Å². The van der Waals surface area contributed by atoms with E-state index in [1.165, 1.54) is 0 Å². The molecular weight excluding hydrogens is 637 g/mol. The average Bonchev–Trinajstić information content (AvgIpc) is 3.93. The Hall–Kier alpha value is -3.07. The molecule has 220 valence electrons.